The third kappa shape index (κ3) is 3.33. The first-order valence-corrected chi connectivity index (χ1v) is 4.77. The third-order valence-corrected chi connectivity index (χ3v) is 2.30. The molecule has 0 unspecified atom stereocenters. The van der Waals surface area contributed by atoms with Gasteiger partial charge < -0.3 is 15.1 Å². The first kappa shape index (κ1) is 11.0. The minimum absolute atomic E-state index is 0.0299. The maximum Gasteiger partial charge on any atom is 0.303 e. The van der Waals surface area contributed by atoms with Crippen molar-refractivity contribution in [3.05, 3.63) is 0 Å². The Morgan fingerprint density at radius 2 is 2.07 bits per heavy atom. The summed E-state index contributed by atoms with van der Waals surface area (Å²) in [5.41, 5.74) is 0. The molecule has 1 amide bonds. The van der Waals surface area contributed by atoms with Crippen LogP contribution in [-0.2, 0) is 9.59 Å². The summed E-state index contributed by atoms with van der Waals surface area (Å²) < 4.78 is 0. The lowest BCUT2D eigenvalue weighted by Gasteiger charge is -2.14. The van der Waals surface area contributed by atoms with Crippen molar-refractivity contribution >= 4 is 11.9 Å². The number of aliphatic hydroxyl groups excluding tert-OH is 1. The van der Waals surface area contributed by atoms with Crippen LogP contribution in [0.1, 0.15) is 25.7 Å². The molecule has 0 saturated carbocycles. The molecular formula is C9H15NO4. The number of aliphatic hydroxyl groups is 1. The minimum atomic E-state index is -0.876. The number of amides is 1. The highest BCUT2D eigenvalue weighted by molar-refractivity contribution is 5.77. The van der Waals surface area contributed by atoms with Crippen molar-refractivity contribution in [3.63, 3.8) is 0 Å². The number of aliphatic carboxylic acids is 1. The van der Waals surface area contributed by atoms with E-state index in [0.29, 0.717) is 25.9 Å². The average molecular weight is 201 g/mol. The van der Waals surface area contributed by atoms with Gasteiger partial charge in [-0.2, -0.15) is 0 Å². The van der Waals surface area contributed by atoms with Crippen molar-refractivity contribution in [3.8, 4) is 0 Å². The van der Waals surface area contributed by atoms with Gasteiger partial charge in [0.05, 0.1) is 6.10 Å². The molecule has 0 spiro atoms. The second-order valence-electron chi connectivity index (χ2n) is 3.53. The molecule has 0 aromatic rings. The highest BCUT2D eigenvalue weighted by atomic mass is 16.4. The molecule has 0 radical (unpaired) electrons. The van der Waals surface area contributed by atoms with Crippen molar-refractivity contribution in [2.24, 2.45) is 0 Å². The Balaban J connectivity index is 2.18. The molecule has 2 N–H and O–H groups in total. The van der Waals surface area contributed by atoms with E-state index in [1.165, 1.54) is 0 Å². The molecule has 1 saturated heterocycles. The number of carboxylic acids is 1. The number of carbonyl (C=O) groups is 2. The van der Waals surface area contributed by atoms with E-state index in [9.17, 15) is 14.7 Å². The van der Waals surface area contributed by atoms with E-state index in [-0.39, 0.29) is 18.7 Å². The van der Waals surface area contributed by atoms with Gasteiger partial charge in [-0.15, -0.1) is 0 Å². The van der Waals surface area contributed by atoms with Crippen LogP contribution in [0.5, 0.6) is 0 Å². The van der Waals surface area contributed by atoms with E-state index in [2.05, 4.69) is 0 Å². The molecule has 1 aliphatic heterocycles. The lowest BCUT2D eigenvalue weighted by Crippen LogP contribution is -2.29. The molecule has 0 aromatic heterocycles. The highest BCUT2D eigenvalue weighted by Crippen LogP contribution is 2.11. The summed E-state index contributed by atoms with van der Waals surface area (Å²) in [6, 6.07) is 0. The van der Waals surface area contributed by atoms with Gasteiger partial charge in [-0.05, 0) is 12.8 Å². The lowest BCUT2D eigenvalue weighted by atomic mass is 10.2. The molecule has 5 nitrogen and oxygen atoms in total. The van der Waals surface area contributed by atoms with Crippen molar-refractivity contribution in [1.29, 1.82) is 0 Å². The Labute approximate surface area is 82.3 Å². The fourth-order valence-electron chi connectivity index (χ4n) is 1.52. The summed E-state index contributed by atoms with van der Waals surface area (Å²) >= 11 is 0. The van der Waals surface area contributed by atoms with E-state index in [0.717, 1.165) is 0 Å². The zero-order chi connectivity index (χ0) is 10.6. The molecular weight excluding hydrogens is 186 g/mol. The van der Waals surface area contributed by atoms with E-state index >= 15 is 0 Å². The Bertz CT molecular complexity index is 229. The second kappa shape index (κ2) is 4.95. The normalized spacial score (nSPS) is 21.2. The molecule has 1 atom stereocenters. The highest BCUT2D eigenvalue weighted by Gasteiger charge is 2.23. The van der Waals surface area contributed by atoms with Crippen molar-refractivity contribution < 1.29 is 19.8 Å². The monoisotopic (exact) mass is 201 g/mol. The molecule has 1 rings (SSSR count). The molecule has 1 heterocycles. The van der Waals surface area contributed by atoms with Gasteiger partial charge in [0.1, 0.15) is 0 Å². The standard InChI is InChI=1S/C9H15NO4/c11-7-4-5-10(6-7)8(12)2-1-3-9(13)14/h7,11H,1-6H2,(H,13,14)/t7-/m1/s1. The molecule has 1 fully saturated rings. The quantitative estimate of drug-likeness (QED) is 0.662. The topological polar surface area (TPSA) is 77.8 Å². The van der Waals surface area contributed by atoms with Crippen LogP contribution in [-0.4, -0.2) is 46.2 Å². The van der Waals surface area contributed by atoms with E-state index in [1.54, 1.807) is 4.90 Å². The summed E-state index contributed by atoms with van der Waals surface area (Å²) in [6.07, 6.45) is 0.894. The van der Waals surface area contributed by atoms with Crippen molar-refractivity contribution in [2.75, 3.05) is 13.1 Å². The van der Waals surface area contributed by atoms with Gasteiger partial charge in [0.15, 0.2) is 0 Å². The number of likely N-dealkylation sites (tertiary alicyclic amines) is 1. The first-order valence-electron chi connectivity index (χ1n) is 4.77. The van der Waals surface area contributed by atoms with Gasteiger partial charge in [-0.1, -0.05) is 0 Å². The maximum absolute atomic E-state index is 11.4. The number of carbonyl (C=O) groups excluding carboxylic acids is 1. The number of hydrogen-bond acceptors (Lipinski definition) is 3. The molecule has 0 aliphatic carbocycles. The summed E-state index contributed by atoms with van der Waals surface area (Å²) in [5, 5.41) is 17.5. The molecule has 14 heavy (non-hydrogen) atoms. The Kier molecular flexibility index (Phi) is 3.88. The first-order chi connectivity index (χ1) is 6.59. The van der Waals surface area contributed by atoms with E-state index in [1.807, 2.05) is 0 Å². The second-order valence-corrected chi connectivity index (χ2v) is 3.53. The Morgan fingerprint density at radius 1 is 1.36 bits per heavy atom. The largest absolute Gasteiger partial charge is 0.481 e. The van der Waals surface area contributed by atoms with Gasteiger partial charge in [0.25, 0.3) is 0 Å². The van der Waals surface area contributed by atoms with Gasteiger partial charge in [-0.25, -0.2) is 0 Å². The van der Waals surface area contributed by atoms with Crippen LogP contribution in [0.15, 0.2) is 0 Å². The van der Waals surface area contributed by atoms with Gasteiger partial charge in [0, 0.05) is 25.9 Å². The smallest absolute Gasteiger partial charge is 0.303 e. The summed E-state index contributed by atoms with van der Waals surface area (Å²) in [5.74, 6) is -0.929. The van der Waals surface area contributed by atoms with Crippen molar-refractivity contribution in [1.82, 2.24) is 4.90 Å². The van der Waals surface area contributed by atoms with Gasteiger partial charge >= 0.3 is 5.97 Å². The number of nitrogens with zero attached hydrogens (tertiary/aromatic N) is 1. The van der Waals surface area contributed by atoms with Crippen LogP contribution in [0.2, 0.25) is 0 Å². The van der Waals surface area contributed by atoms with Crippen LogP contribution in [0.4, 0.5) is 0 Å². The fourth-order valence-corrected chi connectivity index (χ4v) is 1.52. The van der Waals surface area contributed by atoms with Crippen LogP contribution >= 0.6 is 0 Å². The van der Waals surface area contributed by atoms with Crippen LogP contribution in [0.25, 0.3) is 0 Å². The van der Waals surface area contributed by atoms with Crippen LogP contribution < -0.4 is 0 Å². The lowest BCUT2D eigenvalue weighted by molar-refractivity contribution is -0.137. The number of β-amino-alcohol motifs (C(OH)–C–C–N with tert-alkyl or cyclic N) is 1. The maximum atomic E-state index is 11.4. The SMILES string of the molecule is O=C(O)CCCC(=O)N1CC[C@@H](O)C1. The number of carboxylic acid groups (broad SMARTS) is 1. The predicted molar refractivity (Wildman–Crippen MR) is 48.7 cm³/mol. The van der Waals surface area contributed by atoms with Crippen LogP contribution in [0.3, 0.4) is 0 Å². The molecule has 0 bridgehead atoms. The Morgan fingerprint density at radius 3 is 2.57 bits per heavy atom. The number of hydrogen-bond donors (Lipinski definition) is 2. The summed E-state index contributed by atoms with van der Waals surface area (Å²) in [6.45, 7) is 0.985. The average Bonchev–Trinajstić information content (AvgIpc) is 2.51. The predicted octanol–water partition coefficient (Wildman–Crippen LogP) is -0.165. The van der Waals surface area contributed by atoms with Gasteiger partial charge in [0.2, 0.25) is 5.91 Å². The zero-order valence-electron chi connectivity index (χ0n) is 7.98. The van der Waals surface area contributed by atoms with Crippen molar-refractivity contribution in [2.45, 2.75) is 31.8 Å². The summed E-state index contributed by atoms with van der Waals surface area (Å²) in [4.78, 5) is 23.2. The third-order valence-electron chi connectivity index (χ3n) is 2.30. The molecule has 80 valence electrons. The zero-order valence-corrected chi connectivity index (χ0v) is 7.98. The molecule has 5 heteroatoms. The van der Waals surface area contributed by atoms with Gasteiger partial charge in [-0.3, -0.25) is 9.59 Å². The minimum Gasteiger partial charge on any atom is -0.481 e. The van der Waals surface area contributed by atoms with E-state index < -0.39 is 12.1 Å². The number of rotatable bonds is 4. The Hall–Kier alpha value is -1.10. The van der Waals surface area contributed by atoms with Crippen LogP contribution in [0, 0.1) is 0 Å². The van der Waals surface area contributed by atoms with E-state index in [4.69, 9.17) is 5.11 Å². The molecule has 1 aliphatic rings. The fraction of sp³-hybridized carbons (Fsp3) is 0.778. The summed E-state index contributed by atoms with van der Waals surface area (Å²) in [7, 11) is 0. The molecule has 0 aromatic carbocycles.